The van der Waals surface area contributed by atoms with Crippen molar-refractivity contribution in [1.29, 1.82) is 0 Å². The fourth-order valence-corrected chi connectivity index (χ4v) is 2.10. The highest BCUT2D eigenvalue weighted by Crippen LogP contribution is 2.12. The minimum Gasteiger partial charge on any atom is -0.356 e. The molecule has 1 saturated heterocycles. The summed E-state index contributed by atoms with van der Waals surface area (Å²) >= 11 is 1.85. The quantitative estimate of drug-likeness (QED) is 0.747. The van der Waals surface area contributed by atoms with Crippen LogP contribution >= 0.6 is 11.8 Å². The zero-order valence-electron chi connectivity index (χ0n) is 9.71. The Bertz CT molecular complexity index is 193. The van der Waals surface area contributed by atoms with Gasteiger partial charge in [-0.05, 0) is 38.6 Å². The van der Waals surface area contributed by atoms with Crippen LogP contribution in [0.5, 0.6) is 0 Å². The molecule has 1 unspecified atom stereocenters. The minimum absolute atomic E-state index is 0.246. The van der Waals surface area contributed by atoms with Gasteiger partial charge in [-0.3, -0.25) is 4.79 Å². The van der Waals surface area contributed by atoms with E-state index in [1.807, 2.05) is 11.8 Å². The molecule has 2 N–H and O–H groups in total. The van der Waals surface area contributed by atoms with Crippen LogP contribution in [0.15, 0.2) is 0 Å². The lowest BCUT2D eigenvalue weighted by Gasteiger charge is -2.22. The normalized spacial score (nSPS) is 19.9. The molecule has 1 aliphatic rings. The molecule has 0 aromatic rings. The molecule has 88 valence electrons. The predicted molar refractivity (Wildman–Crippen MR) is 66.2 cm³/mol. The van der Waals surface area contributed by atoms with Crippen molar-refractivity contribution in [2.24, 2.45) is 5.92 Å². The first-order chi connectivity index (χ1) is 7.24. The van der Waals surface area contributed by atoms with Crippen molar-refractivity contribution in [2.75, 3.05) is 25.9 Å². The molecule has 15 heavy (non-hydrogen) atoms. The Morgan fingerprint density at radius 2 is 2.20 bits per heavy atom. The molecule has 1 fully saturated rings. The number of hydrogen-bond acceptors (Lipinski definition) is 3. The van der Waals surface area contributed by atoms with E-state index in [2.05, 4.69) is 23.8 Å². The van der Waals surface area contributed by atoms with E-state index in [1.165, 1.54) is 0 Å². The smallest absolute Gasteiger partial charge is 0.223 e. The van der Waals surface area contributed by atoms with Gasteiger partial charge in [0.2, 0.25) is 5.91 Å². The molecule has 0 spiro atoms. The van der Waals surface area contributed by atoms with Crippen molar-refractivity contribution in [3.8, 4) is 0 Å². The first kappa shape index (κ1) is 12.8. The SMILES string of the molecule is CSC(C)CCNC(=O)C1CCNCC1. The molecule has 0 aromatic heterocycles. The Morgan fingerprint density at radius 3 is 2.80 bits per heavy atom. The third kappa shape index (κ3) is 4.89. The van der Waals surface area contributed by atoms with Gasteiger partial charge in [0.05, 0.1) is 0 Å². The minimum atomic E-state index is 0.246. The van der Waals surface area contributed by atoms with Crippen LogP contribution in [0, 0.1) is 5.92 Å². The summed E-state index contributed by atoms with van der Waals surface area (Å²) in [6.07, 6.45) is 5.16. The van der Waals surface area contributed by atoms with Gasteiger partial charge in [0.25, 0.3) is 0 Å². The predicted octanol–water partition coefficient (Wildman–Crippen LogP) is 1.24. The lowest BCUT2D eigenvalue weighted by atomic mass is 9.97. The molecule has 1 amide bonds. The van der Waals surface area contributed by atoms with Crippen LogP contribution < -0.4 is 10.6 Å². The van der Waals surface area contributed by atoms with E-state index in [9.17, 15) is 4.79 Å². The van der Waals surface area contributed by atoms with Gasteiger partial charge >= 0.3 is 0 Å². The Labute approximate surface area is 96.8 Å². The number of piperidine rings is 1. The Balaban J connectivity index is 2.12. The summed E-state index contributed by atoms with van der Waals surface area (Å²) in [5.41, 5.74) is 0. The van der Waals surface area contributed by atoms with E-state index >= 15 is 0 Å². The van der Waals surface area contributed by atoms with Crippen LogP contribution in [0.3, 0.4) is 0 Å². The van der Waals surface area contributed by atoms with E-state index in [0.29, 0.717) is 5.25 Å². The lowest BCUT2D eigenvalue weighted by Crippen LogP contribution is -2.38. The average molecular weight is 230 g/mol. The molecule has 0 saturated carbocycles. The van der Waals surface area contributed by atoms with Crippen molar-refractivity contribution >= 4 is 17.7 Å². The average Bonchev–Trinajstić information content (AvgIpc) is 2.29. The second-order valence-electron chi connectivity index (χ2n) is 4.15. The molecule has 0 aromatic carbocycles. The molecule has 1 aliphatic heterocycles. The van der Waals surface area contributed by atoms with Gasteiger partial charge in [-0.1, -0.05) is 6.92 Å². The number of rotatable bonds is 5. The van der Waals surface area contributed by atoms with Gasteiger partial charge < -0.3 is 10.6 Å². The van der Waals surface area contributed by atoms with E-state index in [1.54, 1.807) is 0 Å². The van der Waals surface area contributed by atoms with Crippen molar-refractivity contribution in [1.82, 2.24) is 10.6 Å². The molecule has 1 rings (SSSR count). The Kier molecular flexibility index (Phi) is 6.10. The number of amides is 1. The monoisotopic (exact) mass is 230 g/mol. The summed E-state index contributed by atoms with van der Waals surface area (Å²) in [5.74, 6) is 0.501. The summed E-state index contributed by atoms with van der Waals surface area (Å²) in [6.45, 7) is 4.99. The first-order valence-electron chi connectivity index (χ1n) is 5.75. The van der Waals surface area contributed by atoms with Crippen LogP contribution in [0.25, 0.3) is 0 Å². The number of thioether (sulfide) groups is 1. The highest BCUT2D eigenvalue weighted by Gasteiger charge is 2.20. The number of nitrogens with one attached hydrogen (secondary N) is 2. The van der Waals surface area contributed by atoms with Gasteiger partial charge in [-0.25, -0.2) is 0 Å². The maximum atomic E-state index is 11.7. The molecule has 0 aliphatic carbocycles. The molecule has 3 nitrogen and oxygen atoms in total. The van der Waals surface area contributed by atoms with Gasteiger partial charge in [-0.15, -0.1) is 0 Å². The van der Waals surface area contributed by atoms with E-state index in [4.69, 9.17) is 0 Å². The third-order valence-corrected chi connectivity index (χ3v) is 4.00. The molecule has 0 radical (unpaired) electrons. The molecule has 0 bridgehead atoms. The molecule has 4 heteroatoms. The number of hydrogen-bond donors (Lipinski definition) is 2. The fourth-order valence-electron chi connectivity index (χ4n) is 1.74. The van der Waals surface area contributed by atoms with Crippen molar-refractivity contribution in [2.45, 2.75) is 31.4 Å². The molecule has 1 heterocycles. The second-order valence-corrected chi connectivity index (χ2v) is 5.43. The molecular formula is C11H22N2OS. The molecular weight excluding hydrogens is 208 g/mol. The van der Waals surface area contributed by atoms with E-state index < -0.39 is 0 Å². The Morgan fingerprint density at radius 1 is 1.53 bits per heavy atom. The third-order valence-electron chi connectivity index (χ3n) is 2.96. The summed E-state index contributed by atoms with van der Waals surface area (Å²) in [6, 6.07) is 0. The summed E-state index contributed by atoms with van der Waals surface area (Å²) in [4.78, 5) is 11.7. The van der Waals surface area contributed by atoms with Crippen LogP contribution in [-0.2, 0) is 4.79 Å². The molecule has 1 atom stereocenters. The van der Waals surface area contributed by atoms with Gasteiger partial charge in [0.1, 0.15) is 0 Å². The van der Waals surface area contributed by atoms with E-state index in [-0.39, 0.29) is 11.8 Å². The highest BCUT2D eigenvalue weighted by molar-refractivity contribution is 7.99. The topological polar surface area (TPSA) is 41.1 Å². The van der Waals surface area contributed by atoms with Crippen molar-refractivity contribution in [3.05, 3.63) is 0 Å². The number of carbonyl (C=O) groups is 1. The first-order valence-corrected chi connectivity index (χ1v) is 7.04. The highest BCUT2D eigenvalue weighted by atomic mass is 32.2. The maximum Gasteiger partial charge on any atom is 0.223 e. The lowest BCUT2D eigenvalue weighted by molar-refractivity contribution is -0.125. The zero-order valence-corrected chi connectivity index (χ0v) is 10.5. The summed E-state index contributed by atoms with van der Waals surface area (Å²) < 4.78 is 0. The summed E-state index contributed by atoms with van der Waals surface area (Å²) in [7, 11) is 0. The standard InChI is InChI=1S/C11H22N2OS/c1-9(15-2)3-8-13-11(14)10-4-6-12-7-5-10/h9-10,12H,3-8H2,1-2H3,(H,13,14). The largest absolute Gasteiger partial charge is 0.356 e. The second kappa shape index (κ2) is 7.12. The maximum absolute atomic E-state index is 11.7. The Hall–Kier alpha value is -0.220. The van der Waals surface area contributed by atoms with Crippen molar-refractivity contribution in [3.63, 3.8) is 0 Å². The van der Waals surface area contributed by atoms with Gasteiger partial charge in [0.15, 0.2) is 0 Å². The zero-order chi connectivity index (χ0) is 11.1. The van der Waals surface area contributed by atoms with Crippen LogP contribution in [0.4, 0.5) is 0 Å². The number of carbonyl (C=O) groups excluding carboxylic acids is 1. The fraction of sp³-hybridized carbons (Fsp3) is 0.909. The van der Waals surface area contributed by atoms with Crippen LogP contribution in [0.1, 0.15) is 26.2 Å². The van der Waals surface area contributed by atoms with Gasteiger partial charge in [-0.2, -0.15) is 11.8 Å². The van der Waals surface area contributed by atoms with E-state index in [0.717, 1.165) is 38.9 Å². The summed E-state index contributed by atoms with van der Waals surface area (Å²) in [5, 5.41) is 6.94. The van der Waals surface area contributed by atoms with Crippen LogP contribution in [0.2, 0.25) is 0 Å². The van der Waals surface area contributed by atoms with Crippen LogP contribution in [-0.4, -0.2) is 37.0 Å². The van der Waals surface area contributed by atoms with Crippen molar-refractivity contribution < 1.29 is 4.79 Å². The van der Waals surface area contributed by atoms with Gasteiger partial charge in [0, 0.05) is 17.7 Å².